The molecule has 3 rings (SSSR count). The number of ketones is 1. The van der Waals surface area contributed by atoms with Crippen molar-refractivity contribution in [2.75, 3.05) is 0 Å². The average molecular weight is 355 g/mol. The molecule has 0 atom stereocenters. The maximum absolute atomic E-state index is 12.4. The van der Waals surface area contributed by atoms with Gasteiger partial charge in [0.25, 0.3) is 0 Å². The second kappa shape index (κ2) is 7.15. The fourth-order valence-electron chi connectivity index (χ4n) is 2.89. The lowest BCUT2D eigenvalue weighted by molar-refractivity contribution is -0.117. The van der Waals surface area contributed by atoms with Gasteiger partial charge in [-0.25, -0.2) is 15.0 Å². The third kappa shape index (κ3) is 3.94. The minimum Gasteiger partial charge on any atom is -0.299 e. The van der Waals surface area contributed by atoms with Crippen LogP contribution in [0.3, 0.4) is 0 Å². The molecule has 3 aromatic rings. The highest BCUT2D eigenvalue weighted by molar-refractivity contribution is 6.29. The molecule has 0 radical (unpaired) electrons. The van der Waals surface area contributed by atoms with Gasteiger partial charge in [0.1, 0.15) is 22.6 Å². The molecule has 0 unspecified atom stereocenters. The first-order valence-electron chi connectivity index (χ1n) is 8.05. The predicted molar refractivity (Wildman–Crippen MR) is 97.2 cm³/mol. The topological polar surface area (TPSA) is 60.7 Å². The van der Waals surface area contributed by atoms with Crippen LogP contribution in [0.15, 0.2) is 36.5 Å². The lowest BCUT2D eigenvalue weighted by Gasteiger charge is -2.08. The first-order valence-corrected chi connectivity index (χ1v) is 8.43. The highest BCUT2D eigenvalue weighted by Gasteiger charge is 2.16. The zero-order valence-corrected chi connectivity index (χ0v) is 15.2. The minimum absolute atomic E-state index is 0.0900. The Bertz CT molecular complexity index is 933. The Morgan fingerprint density at radius 3 is 2.64 bits per heavy atom. The van der Waals surface area contributed by atoms with Gasteiger partial charge in [-0.2, -0.15) is 0 Å². The van der Waals surface area contributed by atoms with E-state index >= 15 is 0 Å². The zero-order valence-electron chi connectivity index (χ0n) is 14.5. The van der Waals surface area contributed by atoms with E-state index in [2.05, 4.69) is 15.0 Å². The molecular weight excluding hydrogens is 336 g/mol. The van der Waals surface area contributed by atoms with Gasteiger partial charge in [-0.15, -0.1) is 0 Å². The molecule has 6 heteroatoms. The van der Waals surface area contributed by atoms with E-state index in [0.29, 0.717) is 11.6 Å². The molecule has 0 N–H and O–H groups in total. The number of Topliss-reactive ketones (excluding diaryl/α,β-unsaturated/α-hetero) is 1. The average Bonchev–Trinajstić information content (AvgIpc) is 2.81. The van der Waals surface area contributed by atoms with Crippen LogP contribution in [-0.4, -0.2) is 25.3 Å². The Hall–Kier alpha value is -2.53. The van der Waals surface area contributed by atoms with Gasteiger partial charge >= 0.3 is 0 Å². The number of carbonyl (C=O) groups is 1. The number of aryl methyl sites for hydroxylation is 2. The number of carbonyl (C=O) groups excluding carboxylic acids is 1. The van der Waals surface area contributed by atoms with Gasteiger partial charge in [0, 0.05) is 24.0 Å². The monoisotopic (exact) mass is 354 g/mol. The summed E-state index contributed by atoms with van der Waals surface area (Å²) in [4.78, 5) is 25.5. The van der Waals surface area contributed by atoms with E-state index in [1.165, 1.54) is 0 Å². The van der Waals surface area contributed by atoms with Gasteiger partial charge in [-0.3, -0.25) is 9.36 Å². The van der Waals surface area contributed by atoms with Crippen molar-refractivity contribution in [2.24, 2.45) is 0 Å². The summed E-state index contributed by atoms with van der Waals surface area (Å²) >= 11 is 5.87. The normalized spacial score (nSPS) is 10.9. The lowest BCUT2D eigenvalue weighted by atomic mass is 10.1. The number of nitrogens with zero attached hydrogens (tertiary/aromatic N) is 4. The minimum atomic E-state index is 0.0900. The molecule has 0 saturated heterocycles. The van der Waals surface area contributed by atoms with Crippen molar-refractivity contribution >= 4 is 17.4 Å². The van der Waals surface area contributed by atoms with Gasteiger partial charge in [0.15, 0.2) is 0 Å². The fourth-order valence-corrected chi connectivity index (χ4v) is 3.08. The number of aromatic nitrogens is 4. The summed E-state index contributed by atoms with van der Waals surface area (Å²) in [6, 6.07) is 9.38. The quantitative estimate of drug-likeness (QED) is 0.657. The SMILES string of the molecule is Cc1cccc(-n2c(C)nc(CC(=O)Cc3ccnc(Cl)c3)c2C)n1. The van der Waals surface area contributed by atoms with Gasteiger partial charge < -0.3 is 0 Å². The third-order valence-electron chi connectivity index (χ3n) is 4.03. The van der Waals surface area contributed by atoms with Gasteiger partial charge in [-0.1, -0.05) is 17.7 Å². The maximum atomic E-state index is 12.4. The molecule has 3 aromatic heterocycles. The number of imidazole rings is 1. The number of pyridine rings is 2. The van der Waals surface area contributed by atoms with Gasteiger partial charge in [0.05, 0.1) is 12.1 Å². The molecule has 0 aliphatic heterocycles. The smallest absolute Gasteiger partial charge is 0.143 e. The van der Waals surface area contributed by atoms with E-state index in [1.54, 1.807) is 18.3 Å². The molecular formula is C19H19ClN4O. The van der Waals surface area contributed by atoms with Crippen molar-refractivity contribution in [2.45, 2.75) is 33.6 Å². The summed E-state index contributed by atoms with van der Waals surface area (Å²) in [5, 5.41) is 0.395. The van der Waals surface area contributed by atoms with E-state index in [0.717, 1.165) is 34.3 Å². The van der Waals surface area contributed by atoms with E-state index in [-0.39, 0.29) is 12.2 Å². The van der Waals surface area contributed by atoms with E-state index in [4.69, 9.17) is 11.6 Å². The van der Waals surface area contributed by atoms with E-state index in [9.17, 15) is 4.79 Å². The first-order chi connectivity index (χ1) is 11.9. The summed E-state index contributed by atoms with van der Waals surface area (Å²) in [5.41, 5.74) is 3.53. The molecule has 5 nitrogen and oxygen atoms in total. The summed E-state index contributed by atoms with van der Waals surface area (Å²) in [6.07, 6.45) is 2.21. The molecule has 3 heterocycles. The summed E-state index contributed by atoms with van der Waals surface area (Å²) in [6.45, 7) is 5.85. The van der Waals surface area contributed by atoms with Crippen molar-refractivity contribution in [3.8, 4) is 5.82 Å². The molecule has 0 aliphatic rings. The predicted octanol–water partition coefficient (Wildman–Crippen LogP) is 3.60. The van der Waals surface area contributed by atoms with Crippen LogP contribution in [-0.2, 0) is 17.6 Å². The van der Waals surface area contributed by atoms with Gasteiger partial charge in [0.2, 0.25) is 0 Å². The molecule has 0 amide bonds. The summed E-state index contributed by atoms with van der Waals surface area (Å²) < 4.78 is 1.99. The van der Waals surface area contributed by atoms with Crippen LogP contribution >= 0.6 is 11.6 Å². The van der Waals surface area contributed by atoms with Crippen molar-refractivity contribution < 1.29 is 4.79 Å². The van der Waals surface area contributed by atoms with E-state index in [1.807, 2.05) is 43.5 Å². The largest absolute Gasteiger partial charge is 0.299 e. The lowest BCUT2D eigenvalue weighted by Crippen LogP contribution is -2.09. The first kappa shape index (κ1) is 17.3. The summed E-state index contributed by atoms with van der Waals surface area (Å²) in [7, 11) is 0. The van der Waals surface area contributed by atoms with Crippen LogP contribution in [0.5, 0.6) is 0 Å². The Morgan fingerprint density at radius 2 is 1.92 bits per heavy atom. The molecule has 25 heavy (non-hydrogen) atoms. The third-order valence-corrected chi connectivity index (χ3v) is 4.24. The summed E-state index contributed by atoms with van der Waals surface area (Å²) in [5.74, 6) is 1.74. The van der Waals surface area contributed by atoms with Crippen LogP contribution in [0.1, 0.15) is 28.5 Å². The number of hydrogen-bond acceptors (Lipinski definition) is 4. The Balaban J connectivity index is 1.82. The number of rotatable bonds is 5. The molecule has 0 fully saturated rings. The molecule has 128 valence electrons. The van der Waals surface area contributed by atoms with Crippen LogP contribution in [0.2, 0.25) is 5.15 Å². The standard InChI is InChI=1S/C19H19ClN4O/c1-12-5-4-6-19(22-12)24-13(2)17(23-14(24)3)11-16(25)9-15-7-8-21-18(20)10-15/h4-8,10H,9,11H2,1-3H3. The number of halogens is 1. The van der Waals surface area contributed by atoms with Gasteiger partial charge in [-0.05, 0) is 50.6 Å². The molecule has 0 saturated carbocycles. The van der Waals surface area contributed by atoms with Crippen molar-refractivity contribution in [3.05, 3.63) is 70.2 Å². The second-order valence-corrected chi connectivity index (χ2v) is 6.43. The van der Waals surface area contributed by atoms with Crippen LogP contribution < -0.4 is 0 Å². The van der Waals surface area contributed by atoms with Crippen molar-refractivity contribution in [1.82, 2.24) is 19.5 Å². The number of hydrogen-bond donors (Lipinski definition) is 0. The Kier molecular flexibility index (Phi) is 4.95. The van der Waals surface area contributed by atoms with Crippen LogP contribution in [0.25, 0.3) is 5.82 Å². The van der Waals surface area contributed by atoms with Crippen molar-refractivity contribution in [3.63, 3.8) is 0 Å². The molecule has 0 bridgehead atoms. The van der Waals surface area contributed by atoms with E-state index < -0.39 is 0 Å². The van der Waals surface area contributed by atoms with Crippen LogP contribution in [0, 0.1) is 20.8 Å². The Labute approximate surface area is 151 Å². The molecule has 0 aromatic carbocycles. The zero-order chi connectivity index (χ0) is 18.0. The second-order valence-electron chi connectivity index (χ2n) is 6.04. The fraction of sp³-hybridized carbons (Fsp3) is 0.263. The van der Waals surface area contributed by atoms with Crippen LogP contribution in [0.4, 0.5) is 0 Å². The molecule has 0 aliphatic carbocycles. The Morgan fingerprint density at radius 1 is 1.12 bits per heavy atom. The molecule has 0 spiro atoms. The highest BCUT2D eigenvalue weighted by atomic mass is 35.5. The highest BCUT2D eigenvalue weighted by Crippen LogP contribution is 2.18. The van der Waals surface area contributed by atoms with Crippen molar-refractivity contribution in [1.29, 1.82) is 0 Å². The maximum Gasteiger partial charge on any atom is 0.143 e.